The first kappa shape index (κ1) is 14.9. The zero-order valence-electron chi connectivity index (χ0n) is 12.0. The zero-order valence-corrected chi connectivity index (χ0v) is 12.0. The van der Waals surface area contributed by atoms with E-state index in [4.69, 9.17) is 10.8 Å². The predicted molar refractivity (Wildman–Crippen MR) is 82.5 cm³/mol. The molecule has 0 aliphatic rings. The zero-order chi connectivity index (χ0) is 16.4. The number of fused-ring (bicyclic) bond motifs is 1. The first-order valence-electron chi connectivity index (χ1n) is 6.90. The molecule has 0 spiro atoms. The number of rotatable bonds is 5. The molecule has 0 fully saturated rings. The second-order valence-corrected chi connectivity index (χ2v) is 4.83. The van der Waals surface area contributed by atoms with Crippen molar-refractivity contribution in [3.8, 4) is 11.3 Å². The number of halogens is 1. The highest BCUT2D eigenvalue weighted by atomic mass is 19.1. The number of aromatic nitrogens is 3. The number of carbonyl (C=O) groups is 1. The number of imidazole rings is 1. The number of anilines is 1. The van der Waals surface area contributed by atoms with E-state index >= 15 is 0 Å². The number of carbonyl (C=O) groups excluding carboxylic acids is 1. The lowest BCUT2D eigenvalue weighted by Crippen LogP contribution is -2.16. The Kier molecular flexibility index (Phi) is 3.90. The molecule has 0 bridgehead atoms. The predicted octanol–water partition coefficient (Wildman–Crippen LogP) is 1.04. The Labute approximate surface area is 130 Å². The van der Waals surface area contributed by atoms with Crippen LogP contribution in [-0.2, 0) is 0 Å². The maximum absolute atomic E-state index is 13.9. The molecular formula is C15H14FN5O2. The number of aliphatic hydroxyl groups excluding tert-OH is 1. The summed E-state index contributed by atoms with van der Waals surface area (Å²) in [5.41, 5.74) is 6.43. The molecule has 2 aromatic heterocycles. The molecule has 118 valence electrons. The van der Waals surface area contributed by atoms with E-state index < -0.39 is 11.7 Å². The smallest absolute Gasteiger partial charge is 0.252 e. The number of amides is 1. The monoisotopic (exact) mass is 315 g/mol. The summed E-state index contributed by atoms with van der Waals surface area (Å²) in [6, 6.07) is 7.64. The van der Waals surface area contributed by atoms with Crippen LogP contribution in [0.3, 0.4) is 0 Å². The number of nitrogens with zero attached hydrogens (tertiary/aromatic N) is 3. The van der Waals surface area contributed by atoms with Crippen LogP contribution in [0.1, 0.15) is 10.4 Å². The van der Waals surface area contributed by atoms with Crippen molar-refractivity contribution >= 4 is 17.4 Å². The molecule has 0 aliphatic heterocycles. The average molecular weight is 315 g/mol. The summed E-state index contributed by atoms with van der Waals surface area (Å²) in [5.74, 6) is -0.733. The fraction of sp³-hybridized carbons (Fsp3) is 0.133. The van der Waals surface area contributed by atoms with Gasteiger partial charge in [0.2, 0.25) is 0 Å². The summed E-state index contributed by atoms with van der Waals surface area (Å²) in [7, 11) is 0. The maximum Gasteiger partial charge on any atom is 0.252 e. The Hall–Kier alpha value is -3.00. The largest absolute Gasteiger partial charge is 0.395 e. The molecule has 0 aliphatic carbocycles. The van der Waals surface area contributed by atoms with Crippen molar-refractivity contribution in [2.45, 2.75) is 0 Å². The third-order valence-corrected chi connectivity index (χ3v) is 3.26. The van der Waals surface area contributed by atoms with Gasteiger partial charge in [0, 0.05) is 12.1 Å². The highest BCUT2D eigenvalue weighted by Crippen LogP contribution is 2.23. The quantitative estimate of drug-likeness (QED) is 0.652. The van der Waals surface area contributed by atoms with Gasteiger partial charge in [-0.1, -0.05) is 12.1 Å². The highest BCUT2D eigenvalue weighted by molar-refractivity contribution is 5.99. The molecule has 1 amide bonds. The highest BCUT2D eigenvalue weighted by Gasteiger charge is 2.16. The molecule has 0 unspecified atom stereocenters. The molecule has 0 saturated carbocycles. The van der Waals surface area contributed by atoms with Crippen molar-refractivity contribution in [1.82, 2.24) is 14.6 Å². The topological polar surface area (TPSA) is 106 Å². The van der Waals surface area contributed by atoms with Crippen molar-refractivity contribution in [3.63, 3.8) is 0 Å². The van der Waals surface area contributed by atoms with Crippen LogP contribution < -0.4 is 11.1 Å². The van der Waals surface area contributed by atoms with Crippen molar-refractivity contribution in [1.29, 1.82) is 0 Å². The Morgan fingerprint density at radius 3 is 2.87 bits per heavy atom. The van der Waals surface area contributed by atoms with Gasteiger partial charge in [0.25, 0.3) is 5.91 Å². The molecule has 2 heterocycles. The second kappa shape index (κ2) is 6.01. The summed E-state index contributed by atoms with van der Waals surface area (Å²) < 4.78 is 15.3. The fourth-order valence-corrected chi connectivity index (χ4v) is 2.23. The van der Waals surface area contributed by atoms with Crippen molar-refractivity contribution < 1.29 is 14.3 Å². The van der Waals surface area contributed by atoms with Gasteiger partial charge in [-0.05, 0) is 18.2 Å². The second-order valence-electron chi connectivity index (χ2n) is 4.83. The SMILES string of the molecule is NC(=O)c1cc(NCCO)nn2cc(-c3ccccc3F)nc12. The maximum atomic E-state index is 13.9. The Morgan fingerprint density at radius 2 is 2.17 bits per heavy atom. The fourth-order valence-electron chi connectivity index (χ4n) is 2.23. The van der Waals surface area contributed by atoms with Crippen LogP contribution in [0.2, 0.25) is 0 Å². The molecule has 1 aromatic carbocycles. The van der Waals surface area contributed by atoms with E-state index in [0.29, 0.717) is 17.1 Å². The van der Waals surface area contributed by atoms with E-state index in [2.05, 4.69) is 15.4 Å². The number of hydrogen-bond donors (Lipinski definition) is 3. The van der Waals surface area contributed by atoms with Crippen molar-refractivity contribution in [3.05, 3.63) is 47.9 Å². The lowest BCUT2D eigenvalue weighted by molar-refractivity contribution is 0.100. The lowest BCUT2D eigenvalue weighted by atomic mass is 10.1. The molecule has 23 heavy (non-hydrogen) atoms. The van der Waals surface area contributed by atoms with Crippen LogP contribution in [0.25, 0.3) is 16.9 Å². The van der Waals surface area contributed by atoms with Gasteiger partial charge in [0.1, 0.15) is 11.6 Å². The normalized spacial score (nSPS) is 10.9. The molecule has 0 saturated heterocycles. The number of aliphatic hydroxyl groups is 1. The van der Waals surface area contributed by atoms with E-state index in [0.717, 1.165) is 0 Å². The molecule has 4 N–H and O–H groups in total. The Balaban J connectivity index is 2.16. The van der Waals surface area contributed by atoms with Gasteiger partial charge < -0.3 is 16.2 Å². The Morgan fingerprint density at radius 1 is 1.39 bits per heavy atom. The Bertz CT molecular complexity index is 877. The van der Waals surface area contributed by atoms with Gasteiger partial charge >= 0.3 is 0 Å². The van der Waals surface area contributed by atoms with Crippen LogP contribution in [0.15, 0.2) is 36.5 Å². The van der Waals surface area contributed by atoms with Crippen LogP contribution in [0, 0.1) is 5.82 Å². The summed E-state index contributed by atoms with van der Waals surface area (Å²) in [6.45, 7) is 0.182. The molecule has 3 rings (SSSR count). The standard InChI is InChI=1S/C15H14FN5O2/c16-11-4-2-1-3-9(11)12-8-21-15(19-12)10(14(17)23)7-13(20-21)18-5-6-22/h1-4,7-8,22H,5-6H2,(H2,17,23)(H,18,20). The minimum atomic E-state index is -0.671. The van der Waals surface area contributed by atoms with E-state index in [1.54, 1.807) is 18.2 Å². The van der Waals surface area contributed by atoms with E-state index in [-0.39, 0.29) is 24.4 Å². The van der Waals surface area contributed by atoms with Crippen LogP contribution in [-0.4, -0.2) is 38.8 Å². The first-order valence-corrected chi connectivity index (χ1v) is 6.90. The van der Waals surface area contributed by atoms with E-state index in [9.17, 15) is 9.18 Å². The molecule has 7 nitrogen and oxygen atoms in total. The third kappa shape index (κ3) is 2.84. The minimum absolute atomic E-state index is 0.0873. The van der Waals surface area contributed by atoms with Gasteiger partial charge in [0.05, 0.1) is 24.1 Å². The van der Waals surface area contributed by atoms with Gasteiger partial charge in [0.15, 0.2) is 5.65 Å². The van der Waals surface area contributed by atoms with Crippen LogP contribution in [0.4, 0.5) is 10.2 Å². The summed E-state index contributed by atoms with van der Waals surface area (Å²) in [6.07, 6.45) is 1.52. The van der Waals surface area contributed by atoms with E-state index in [1.165, 1.54) is 22.8 Å². The van der Waals surface area contributed by atoms with Crippen molar-refractivity contribution in [2.24, 2.45) is 5.73 Å². The molecule has 8 heteroatoms. The summed E-state index contributed by atoms with van der Waals surface area (Å²) in [5, 5.41) is 15.9. The number of benzene rings is 1. The van der Waals surface area contributed by atoms with Gasteiger partial charge in [-0.2, -0.15) is 0 Å². The lowest BCUT2D eigenvalue weighted by Gasteiger charge is -2.06. The van der Waals surface area contributed by atoms with Gasteiger partial charge in [-0.25, -0.2) is 13.9 Å². The number of nitrogens with one attached hydrogen (secondary N) is 1. The molecule has 0 radical (unpaired) electrons. The minimum Gasteiger partial charge on any atom is -0.395 e. The summed E-state index contributed by atoms with van der Waals surface area (Å²) in [4.78, 5) is 15.9. The van der Waals surface area contributed by atoms with Gasteiger partial charge in [-0.3, -0.25) is 4.79 Å². The number of primary amides is 1. The first-order chi connectivity index (χ1) is 11.1. The average Bonchev–Trinajstić information content (AvgIpc) is 2.95. The molecule has 0 atom stereocenters. The van der Waals surface area contributed by atoms with Crippen LogP contribution >= 0.6 is 0 Å². The third-order valence-electron chi connectivity index (χ3n) is 3.26. The van der Waals surface area contributed by atoms with E-state index in [1.807, 2.05) is 0 Å². The van der Waals surface area contributed by atoms with Gasteiger partial charge in [-0.15, -0.1) is 5.10 Å². The molecular weight excluding hydrogens is 301 g/mol. The summed E-state index contributed by atoms with van der Waals surface area (Å²) >= 11 is 0. The number of hydrogen-bond acceptors (Lipinski definition) is 5. The van der Waals surface area contributed by atoms with Crippen molar-refractivity contribution in [2.75, 3.05) is 18.5 Å². The number of nitrogens with two attached hydrogens (primary N) is 1. The van der Waals surface area contributed by atoms with Crippen LogP contribution in [0.5, 0.6) is 0 Å². The molecule has 3 aromatic rings.